The van der Waals surface area contributed by atoms with Crippen molar-refractivity contribution in [2.24, 2.45) is 5.92 Å². The van der Waals surface area contributed by atoms with E-state index in [0.29, 0.717) is 12.7 Å². The predicted molar refractivity (Wildman–Crippen MR) is 112 cm³/mol. The Labute approximate surface area is 167 Å². The Hall–Kier alpha value is -1.09. The van der Waals surface area contributed by atoms with Crippen LogP contribution in [0.2, 0.25) is 0 Å². The van der Waals surface area contributed by atoms with Gasteiger partial charge >= 0.3 is 0 Å². The number of para-hydroxylation sites is 1. The van der Waals surface area contributed by atoms with Crippen LogP contribution in [0.3, 0.4) is 0 Å². The van der Waals surface area contributed by atoms with Gasteiger partial charge in [-0.3, -0.25) is 4.79 Å². The molecule has 0 saturated carbocycles. The van der Waals surface area contributed by atoms with E-state index in [4.69, 9.17) is 4.42 Å². The van der Waals surface area contributed by atoms with Crippen LogP contribution in [0.15, 0.2) is 46.9 Å². The van der Waals surface area contributed by atoms with E-state index in [2.05, 4.69) is 0 Å². The summed E-state index contributed by atoms with van der Waals surface area (Å²) >= 11 is 4.09. The molecule has 0 aliphatic carbocycles. The highest BCUT2D eigenvalue weighted by molar-refractivity contribution is 14.1. The summed E-state index contributed by atoms with van der Waals surface area (Å²) in [6.07, 6.45) is 0. The fourth-order valence-electron chi connectivity index (χ4n) is 2.67. The normalized spacial score (nSPS) is 13.8. The van der Waals surface area contributed by atoms with Gasteiger partial charge in [0.25, 0.3) is 0 Å². The fraction of sp³-hybridized carbons (Fsp3) is 0.211. The van der Waals surface area contributed by atoms with Crippen LogP contribution in [0.25, 0.3) is 11.0 Å². The number of aromatic hydroxyl groups is 1. The molecule has 1 heterocycles. The molecule has 5 heteroatoms. The van der Waals surface area contributed by atoms with Crippen molar-refractivity contribution < 1.29 is 14.3 Å². The van der Waals surface area contributed by atoms with Gasteiger partial charge in [-0.05, 0) is 69.4 Å². The topological polar surface area (TPSA) is 50.4 Å². The number of fused-ring (bicyclic) bond motifs is 1. The second-order valence-electron chi connectivity index (χ2n) is 5.92. The summed E-state index contributed by atoms with van der Waals surface area (Å²) in [6.45, 7) is 3.93. The zero-order valence-electron chi connectivity index (χ0n) is 13.2. The molecule has 1 N–H and O–H groups in total. The van der Waals surface area contributed by atoms with E-state index in [-0.39, 0.29) is 23.4 Å². The molecule has 0 saturated heterocycles. The SMILES string of the molecule is C[C@H](c1cc2ccccc2o1)[C@@H](C)C(=O)c1cc(I)c(O)c(I)c1. The summed E-state index contributed by atoms with van der Waals surface area (Å²) in [6, 6.07) is 13.3. The molecular weight excluding hydrogens is 530 g/mol. The molecule has 0 unspecified atom stereocenters. The first-order valence-electron chi connectivity index (χ1n) is 7.59. The summed E-state index contributed by atoms with van der Waals surface area (Å²) in [7, 11) is 0. The zero-order valence-corrected chi connectivity index (χ0v) is 17.5. The van der Waals surface area contributed by atoms with Gasteiger partial charge in [-0.2, -0.15) is 0 Å². The second kappa shape index (κ2) is 7.03. The molecule has 0 bridgehead atoms. The molecule has 2 atom stereocenters. The number of hydrogen-bond donors (Lipinski definition) is 1. The average molecular weight is 546 g/mol. The quantitative estimate of drug-likeness (QED) is 0.324. The standard InChI is InChI=1S/C19H16I2O3/c1-10(17-9-12-5-3-4-6-16(12)24-17)11(2)18(22)13-7-14(20)19(23)15(21)8-13/h3-11,23H,1-2H3/t10-,11+/m0/s1. The Morgan fingerprint density at radius 3 is 2.33 bits per heavy atom. The van der Waals surface area contributed by atoms with Crippen LogP contribution in [0.4, 0.5) is 0 Å². The van der Waals surface area contributed by atoms with Gasteiger partial charge in [0.1, 0.15) is 17.1 Å². The minimum absolute atomic E-state index is 0.0333. The maximum atomic E-state index is 12.9. The van der Waals surface area contributed by atoms with Gasteiger partial charge in [-0.25, -0.2) is 0 Å². The van der Waals surface area contributed by atoms with E-state index in [1.165, 1.54) is 0 Å². The van der Waals surface area contributed by atoms with E-state index in [9.17, 15) is 9.90 Å². The van der Waals surface area contributed by atoms with Crippen molar-refractivity contribution in [2.75, 3.05) is 0 Å². The van der Waals surface area contributed by atoms with Crippen molar-refractivity contribution in [1.29, 1.82) is 0 Å². The lowest BCUT2D eigenvalue weighted by molar-refractivity contribution is 0.0910. The summed E-state index contributed by atoms with van der Waals surface area (Å²) < 4.78 is 7.28. The molecule has 24 heavy (non-hydrogen) atoms. The minimum atomic E-state index is -0.221. The molecule has 3 aromatic rings. The lowest BCUT2D eigenvalue weighted by Gasteiger charge is -2.17. The lowest BCUT2D eigenvalue weighted by atomic mass is 9.87. The van der Waals surface area contributed by atoms with Gasteiger partial charge < -0.3 is 9.52 Å². The zero-order chi connectivity index (χ0) is 17.4. The third-order valence-electron chi connectivity index (χ3n) is 4.36. The number of carbonyl (C=O) groups excluding carboxylic acids is 1. The van der Waals surface area contributed by atoms with Crippen molar-refractivity contribution in [2.45, 2.75) is 19.8 Å². The lowest BCUT2D eigenvalue weighted by Crippen LogP contribution is -2.18. The number of hydrogen-bond acceptors (Lipinski definition) is 3. The van der Waals surface area contributed by atoms with Gasteiger partial charge in [-0.1, -0.05) is 32.0 Å². The Morgan fingerprint density at radius 1 is 1.08 bits per heavy atom. The van der Waals surface area contributed by atoms with Gasteiger partial charge in [0, 0.05) is 22.8 Å². The third kappa shape index (κ3) is 3.33. The molecule has 3 nitrogen and oxygen atoms in total. The Balaban J connectivity index is 1.89. The summed E-state index contributed by atoms with van der Waals surface area (Å²) in [5.41, 5.74) is 1.46. The predicted octanol–water partition coefficient (Wildman–Crippen LogP) is 5.97. The first kappa shape index (κ1) is 17.7. The molecule has 0 aliphatic rings. The third-order valence-corrected chi connectivity index (χ3v) is 6.00. The largest absolute Gasteiger partial charge is 0.506 e. The molecule has 0 spiro atoms. The molecule has 0 amide bonds. The summed E-state index contributed by atoms with van der Waals surface area (Å²) in [5, 5.41) is 10.9. The van der Waals surface area contributed by atoms with Gasteiger partial charge in [0.2, 0.25) is 0 Å². The Morgan fingerprint density at radius 2 is 1.71 bits per heavy atom. The van der Waals surface area contributed by atoms with Crippen LogP contribution in [-0.2, 0) is 0 Å². The number of ketones is 1. The van der Waals surface area contributed by atoms with E-state index in [1.807, 2.05) is 89.4 Å². The highest BCUT2D eigenvalue weighted by atomic mass is 127. The Bertz CT molecular complexity index is 858. The van der Waals surface area contributed by atoms with E-state index < -0.39 is 0 Å². The van der Waals surface area contributed by atoms with Crippen LogP contribution in [0.1, 0.15) is 35.9 Å². The first-order chi connectivity index (χ1) is 11.4. The van der Waals surface area contributed by atoms with Gasteiger partial charge in [-0.15, -0.1) is 0 Å². The Kier molecular flexibility index (Phi) is 5.19. The molecule has 0 aliphatic heterocycles. The number of phenolic OH excluding ortho intramolecular Hbond substituents is 1. The maximum Gasteiger partial charge on any atom is 0.166 e. The molecular formula is C19H16I2O3. The smallest absolute Gasteiger partial charge is 0.166 e. The van der Waals surface area contributed by atoms with E-state index in [0.717, 1.165) is 16.7 Å². The van der Waals surface area contributed by atoms with Crippen LogP contribution < -0.4 is 0 Å². The molecule has 1 aromatic heterocycles. The maximum absolute atomic E-state index is 12.9. The summed E-state index contributed by atoms with van der Waals surface area (Å²) in [5.74, 6) is 0.848. The number of Topliss-reactive ketones (excluding diaryl/α,β-unsaturated/α-hetero) is 1. The summed E-state index contributed by atoms with van der Waals surface area (Å²) in [4.78, 5) is 12.9. The van der Waals surface area contributed by atoms with Gasteiger partial charge in [0.15, 0.2) is 5.78 Å². The molecule has 2 aromatic carbocycles. The highest BCUT2D eigenvalue weighted by Gasteiger charge is 2.26. The highest BCUT2D eigenvalue weighted by Crippen LogP contribution is 2.33. The number of benzene rings is 2. The van der Waals surface area contributed by atoms with Crippen molar-refractivity contribution >= 4 is 61.9 Å². The van der Waals surface area contributed by atoms with Gasteiger partial charge in [0.05, 0.1) is 7.14 Å². The van der Waals surface area contributed by atoms with Crippen molar-refractivity contribution in [3.05, 3.63) is 60.9 Å². The number of phenols is 1. The van der Waals surface area contributed by atoms with Crippen molar-refractivity contribution in [1.82, 2.24) is 0 Å². The molecule has 0 radical (unpaired) electrons. The molecule has 124 valence electrons. The second-order valence-corrected chi connectivity index (χ2v) is 8.24. The van der Waals surface area contributed by atoms with Crippen LogP contribution in [0.5, 0.6) is 5.75 Å². The van der Waals surface area contributed by atoms with Crippen molar-refractivity contribution in [3.63, 3.8) is 0 Å². The molecule has 3 rings (SSSR count). The van der Waals surface area contributed by atoms with Crippen molar-refractivity contribution in [3.8, 4) is 5.75 Å². The number of halogens is 2. The fourth-order valence-corrected chi connectivity index (χ4v) is 4.44. The first-order valence-corrected chi connectivity index (χ1v) is 9.75. The monoisotopic (exact) mass is 546 g/mol. The van der Waals surface area contributed by atoms with Crippen LogP contribution in [-0.4, -0.2) is 10.9 Å². The number of carbonyl (C=O) groups is 1. The minimum Gasteiger partial charge on any atom is -0.506 e. The van der Waals surface area contributed by atoms with E-state index >= 15 is 0 Å². The molecule has 0 fully saturated rings. The number of rotatable bonds is 4. The van der Waals surface area contributed by atoms with E-state index in [1.54, 1.807) is 12.1 Å². The average Bonchev–Trinajstić information content (AvgIpc) is 3.01. The number of furan rings is 1. The van der Waals surface area contributed by atoms with Crippen LogP contribution >= 0.6 is 45.2 Å². The van der Waals surface area contributed by atoms with Crippen LogP contribution in [0, 0.1) is 13.1 Å².